The topological polar surface area (TPSA) is 58.3 Å². The van der Waals surface area contributed by atoms with E-state index in [1.807, 2.05) is 7.05 Å². The Bertz CT molecular complexity index is 834. The van der Waals surface area contributed by atoms with Gasteiger partial charge in [-0.3, -0.25) is 4.99 Å². The number of halogens is 1. The summed E-state index contributed by atoms with van der Waals surface area (Å²) in [5.41, 5.74) is 1.44. The maximum Gasteiger partial charge on any atom is 0.193 e. The average Bonchev–Trinajstić information content (AvgIpc) is 3.54. The predicted octanol–water partition coefficient (Wildman–Crippen LogP) is 4.73. The third kappa shape index (κ3) is 5.94. The fourth-order valence-electron chi connectivity index (χ4n) is 4.88. The van der Waals surface area contributed by atoms with Gasteiger partial charge in [0.05, 0.1) is 0 Å². The van der Waals surface area contributed by atoms with Gasteiger partial charge in [0.25, 0.3) is 0 Å². The second-order valence-corrected chi connectivity index (χ2v) is 9.10. The molecule has 1 unspecified atom stereocenters. The van der Waals surface area contributed by atoms with Gasteiger partial charge >= 0.3 is 0 Å². The van der Waals surface area contributed by atoms with Crippen molar-refractivity contribution in [2.75, 3.05) is 32.9 Å². The van der Waals surface area contributed by atoms with Crippen LogP contribution in [0.1, 0.15) is 61.9 Å². The molecule has 1 aromatic carbocycles. The van der Waals surface area contributed by atoms with Gasteiger partial charge in [0.2, 0.25) is 0 Å². The standard InChI is InChI=1S/C23H34N6S.HI/c1-24-22(28-16-14-19(17-28)18-9-4-3-5-10-18)25-15-8-13-21-26-27-23(30-2)29(21)20-11-6-7-12-20;/h3-5,9-10,19-20H,6-8,11-17H2,1-2H3,(H,24,25);1H. The van der Waals surface area contributed by atoms with Crippen LogP contribution >= 0.6 is 35.7 Å². The molecule has 170 valence electrons. The number of rotatable bonds is 7. The molecule has 1 aromatic heterocycles. The number of aryl methyl sites for hydroxylation is 1. The van der Waals surface area contributed by atoms with Gasteiger partial charge in [0.15, 0.2) is 11.1 Å². The number of thioether (sulfide) groups is 1. The van der Waals surface area contributed by atoms with Crippen molar-refractivity contribution in [3.05, 3.63) is 41.7 Å². The average molecular weight is 555 g/mol. The summed E-state index contributed by atoms with van der Waals surface area (Å²) in [6.07, 6.45) is 10.5. The Morgan fingerprint density at radius 3 is 2.65 bits per heavy atom. The molecule has 0 spiro atoms. The molecule has 31 heavy (non-hydrogen) atoms. The van der Waals surface area contributed by atoms with Crippen molar-refractivity contribution in [2.45, 2.75) is 62.1 Å². The molecule has 1 aliphatic carbocycles. The number of benzene rings is 1. The Balaban J connectivity index is 0.00000272. The highest BCUT2D eigenvalue weighted by molar-refractivity contribution is 14.0. The molecule has 1 aliphatic heterocycles. The first-order valence-electron chi connectivity index (χ1n) is 11.3. The lowest BCUT2D eigenvalue weighted by Crippen LogP contribution is -2.40. The molecule has 2 aromatic rings. The summed E-state index contributed by atoms with van der Waals surface area (Å²) in [7, 11) is 1.89. The second-order valence-electron chi connectivity index (χ2n) is 8.33. The third-order valence-electron chi connectivity index (χ3n) is 6.44. The number of hydrogen-bond donors (Lipinski definition) is 1. The van der Waals surface area contributed by atoms with Crippen LogP contribution in [0.4, 0.5) is 0 Å². The summed E-state index contributed by atoms with van der Waals surface area (Å²) in [5.74, 6) is 2.77. The minimum absolute atomic E-state index is 0. The minimum Gasteiger partial charge on any atom is -0.356 e. The van der Waals surface area contributed by atoms with Gasteiger partial charge in [0, 0.05) is 45.1 Å². The smallest absolute Gasteiger partial charge is 0.193 e. The number of likely N-dealkylation sites (tertiary alicyclic amines) is 1. The molecule has 1 atom stereocenters. The molecule has 8 heteroatoms. The van der Waals surface area contributed by atoms with E-state index in [4.69, 9.17) is 0 Å². The van der Waals surface area contributed by atoms with E-state index in [0.29, 0.717) is 12.0 Å². The third-order valence-corrected chi connectivity index (χ3v) is 7.08. The van der Waals surface area contributed by atoms with Crippen molar-refractivity contribution >= 4 is 41.7 Å². The zero-order chi connectivity index (χ0) is 20.8. The van der Waals surface area contributed by atoms with Crippen LogP contribution in [-0.2, 0) is 6.42 Å². The van der Waals surface area contributed by atoms with Crippen LogP contribution in [-0.4, -0.2) is 58.6 Å². The maximum absolute atomic E-state index is 4.54. The largest absolute Gasteiger partial charge is 0.356 e. The van der Waals surface area contributed by atoms with Gasteiger partial charge in [-0.25, -0.2) is 0 Å². The number of guanidine groups is 1. The highest BCUT2D eigenvalue weighted by Crippen LogP contribution is 2.33. The lowest BCUT2D eigenvalue weighted by atomic mass is 9.99. The molecule has 2 aliphatic rings. The van der Waals surface area contributed by atoms with Crippen molar-refractivity contribution < 1.29 is 0 Å². The first-order chi connectivity index (χ1) is 14.8. The van der Waals surface area contributed by atoms with Crippen LogP contribution in [0.2, 0.25) is 0 Å². The maximum atomic E-state index is 4.54. The molecular formula is C23H35IN6S. The van der Waals surface area contributed by atoms with E-state index in [0.717, 1.165) is 49.4 Å². The monoisotopic (exact) mass is 554 g/mol. The minimum atomic E-state index is 0. The fraction of sp³-hybridized carbons (Fsp3) is 0.609. The van der Waals surface area contributed by atoms with E-state index < -0.39 is 0 Å². The molecule has 0 bridgehead atoms. The molecule has 2 fully saturated rings. The van der Waals surface area contributed by atoms with Gasteiger partial charge in [-0.2, -0.15) is 0 Å². The molecule has 2 heterocycles. The molecule has 0 radical (unpaired) electrons. The van der Waals surface area contributed by atoms with Gasteiger partial charge in [-0.1, -0.05) is 54.9 Å². The van der Waals surface area contributed by atoms with Gasteiger partial charge in [-0.15, -0.1) is 34.2 Å². The molecule has 0 amide bonds. The van der Waals surface area contributed by atoms with Crippen molar-refractivity contribution in [1.82, 2.24) is 25.0 Å². The number of nitrogens with zero attached hydrogens (tertiary/aromatic N) is 5. The molecule has 4 rings (SSSR count). The Hall–Kier alpha value is -1.29. The van der Waals surface area contributed by atoms with E-state index >= 15 is 0 Å². The highest BCUT2D eigenvalue weighted by atomic mass is 127. The van der Waals surface area contributed by atoms with Crippen LogP contribution in [0.25, 0.3) is 0 Å². The number of hydrogen-bond acceptors (Lipinski definition) is 4. The van der Waals surface area contributed by atoms with Crippen LogP contribution in [0.5, 0.6) is 0 Å². The van der Waals surface area contributed by atoms with Gasteiger partial charge < -0.3 is 14.8 Å². The lowest BCUT2D eigenvalue weighted by molar-refractivity contribution is 0.458. The van der Waals surface area contributed by atoms with Crippen molar-refractivity contribution in [1.29, 1.82) is 0 Å². The normalized spacial score (nSPS) is 19.6. The van der Waals surface area contributed by atoms with E-state index in [-0.39, 0.29) is 24.0 Å². The van der Waals surface area contributed by atoms with E-state index in [2.05, 4.69) is 66.6 Å². The zero-order valence-corrected chi connectivity index (χ0v) is 21.8. The van der Waals surface area contributed by atoms with Crippen LogP contribution in [0.3, 0.4) is 0 Å². The second kappa shape index (κ2) is 12.1. The summed E-state index contributed by atoms with van der Waals surface area (Å²) >= 11 is 1.71. The fourth-order valence-corrected chi connectivity index (χ4v) is 5.45. The predicted molar refractivity (Wildman–Crippen MR) is 140 cm³/mol. The van der Waals surface area contributed by atoms with Crippen LogP contribution in [0.15, 0.2) is 40.5 Å². The summed E-state index contributed by atoms with van der Waals surface area (Å²) in [5, 5.41) is 13.6. The Kier molecular flexibility index (Phi) is 9.49. The molecule has 1 saturated carbocycles. The summed E-state index contributed by atoms with van der Waals surface area (Å²) < 4.78 is 2.41. The number of nitrogens with one attached hydrogen (secondary N) is 1. The van der Waals surface area contributed by atoms with Crippen molar-refractivity contribution in [3.63, 3.8) is 0 Å². The van der Waals surface area contributed by atoms with Crippen LogP contribution < -0.4 is 5.32 Å². The SMILES string of the molecule is CN=C(NCCCc1nnc(SC)n1C1CCCC1)N1CCC(c2ccccc2)C1.I. The summed E-state index contributed by atoms with van der Waals surface area (Å²) in [6.45, 7) is 3.01. The number of aliphatic imine (C=N–C) groups is 1. The first-order valence-corrected chi connectivity index (χ1v) is 12.5. The van der Waals surface area contributed by atoms with E-state index in [1.165, 1.54) is 37.7 Å². The Morgan fingerprint density at radius 1 is 1.16 bits per heavy atom. The summed E-state index contributed by atoms with van der Waals surface area (Å²) in [4.78, 5) is 6.93. The highest BCUT2D eigenvalue weighted by Gasteiger charge is 2.26. The molecule has 1 N–H and O–H groups in total. The molecule has 6 nitrogen and oxygen atoms in total. The zero-order valence-electron chi connectivity index (χ0n) is 18.7. The number of aromatic nitrogens is 3. The quantitative estimate of drug-likeness (QED) is 0.176. The van der Waals surface area contributed by atoms with E-state index in [9.17, 15) is 0 Å². The Labute approximate surface area is 207 Å². The first kappa shape index (κ1) is 24.4. The van der Waals surface area contributed by atoms with Crippen molar-refractivity contribution in [3.8, 4) is 0 Å². The van der Waals surface area contributed by atoms with Gasteiger partial charge in [0.1, 0.15) is 5.82 Å². The molecular weight excluding hydrogens is 519 g/mol. The molecule has 1 saturated heterocycles. The summed E-state index contributed by atoms with van der Waals surface area (Å²) in [6, 6.07) is 11.4. The van der Waals surface area contributed by atoms with Gasteiger partial charge in [-0.05, 0) is 37.5 Å². The van der Waals surface area contributed by atoms with Crippen LogP contribution in [0, 0.1) is 0 Å². The Morgan fingerprint density at radius 2 is 1.94 bits per heavy atom. The lowest BCUT2D eigenvalue weighted by Gasteiger charge is -2.22. The van der Waals surface area contributed by atoms with E-state index in [1.54, 1.807) is 11.8 Å². The van der Waals surface area contributed by atoms with Crippen molar-refractivity contribution in [2.24, 2.45) is 4.99 Å².